The van der Waals surface area contributed by atoms with Gasteiger partial charge in [0.05, 0.1) is 11.7 Å². The maximum absolute atomic E-state index is 9.43. The lowest BCUT2D eigenvalue weighted by Crippen LogP contribution is -2.09. The van der Waals surface area contributed by atoms with Crippen LogP contribution in [0.25, 0.3) is 5.52 Å². The van der Waals surface area contributed by atoms with E-state index in [0.29, 0.717) is 5.15 Å². The van der Waals surface area contributed by atoms with Gasteiger partial charge in [-0.2, -0.15) is 0 Å². The Labute approximate surface area is 98.9 Å². The number of hydrogen-bond acceptors (Lipinski definition) is 3. The highest BCUT2D eigenvalue weighted by Crippen LogP contribution is 2.21. The van der Waals surface area contributed by atoms with Gasteiger partial charge in [0, 0.05) is 6.42 Å². The molecule has 0 aromatic carbocycles. The third-order valence-electron chi connectivity index (χ3n) is 2.48. The van der Waals surface area contributed by atoms with Crippen molar-refractivity contribution in [2.24, 2.45) is 0 Å². The van der Waals surface area contributed by atoms with Crippen LogP contribution in [0, 0.1) is 0 Å². The summed E-state index contributed by atoms with van der Waals surface area (Å²) in [6.45, 7) is 0.936. The minimum Gasteiger partial charge on any atom is -0.506 e. The van der Waals surface area contributed by atoms with Gasteiger partial charge in [-0.3, -0.25) is 4.40 Å². The molecule has 0 spiro atoms. The standard InChI is InChI=1S/C11H14ClN3O/c1-13-6-2-3-10-14-11(12)9-5-4-8(16)7-15(9)10/h4-5,7,13,16H,2-3,6H2,1H3. The number of imidazole rings is 1. The van der Waals surface area contributed by atoms with Crippen molar-refractivity contribution in [2.45, 2.75) is 12.8 Å². The van der Waals surface area contributed by atoms with Crippen LogP contribution in [0.15, 0.2) is 18.3 Å². The second-order valence-corrected chi connectivity index (χ2v) is 4.03. The molecule has 0 aliphatic rings. The average molecular weight is 240 g/mol. The van der Waals surface area contributed by atoms with Gasteiger partial charge in [-0.15, -0.1) is 0 Å². The van der Waals surface area contributed by atoms with E-state index in [9.17, 15) is 5.11 Å². The Morgan fingerprint density at radius 2 is 2.31 bits per heavy atom. The van der Waals surface area contributed by atoms with Crippen molar-refractivity contribution in [3.63, 3.8) is 0 Å². The highest BCUT2D eigenvalue weighted by Gasteiger charge is 2.09. The van der Waals surface area contributed by atoms with Crippen LogP contribution in [-0.2, 0) is 6.42 Å². The zero-order valence-corrected chi connectivity index (χ0v) is 9.83. The van der Waals surface area contributed by atoms with Crippen molar-refractivity contribution in [2.75, 3.05) is 13.6 Å². The summed E-state index contributed by atoms with van der Waals surface area (Å²) in [5.74, 6) is 1.10. The lowest BCUT2D eigenvalue weighted by atomic mass is 10.3. The number of halogens is 1. The molecule has 0 radical (unpaired) electrons. The van der Waals surface area contributed by atoms with Gasteiger partial charge in [0.2, 0.25) is 0 Å². The van der Waals surface area contributed by atoms with Crippen molar-refractivity contribution >= 4 is 17.1 Å². The molecule has 2 heterocycles. The molecule has 0 saturated carbocycles. The predicted octanol–water partition coefficient (Wildman–Crippen LogP) is 1.85. The molecule has 0 saturated heterocycles. The van der Waals surface area contributed by atoms with Crippen molar-refractivity contribution in [1.29, 1.82) is 0 Å². The first kappa shape index (κ1) is 11.2. The fraction of sp³-hybridized carbons (Fsp3) is 0.364. The van der Waals surface area contributed by atoms with Crippen molar-refractivity contribution in [1.82, 2.24) is 14.7 Å². The number of rotatable bonds is 4. The molecule has 0 bridgehead atoms. The van der Waals surface area contributed by atoms with E-state index in [2.05, 4.69) is 10.3 Å². The number of nitrogens with zero attached hydrogens (tertiary/aromatic N) is 2. The maximum atomic E-state index is 9.43. The number of fused-ring (bicyclic) bond motifs is 1. The third kappa shape index (κ3) is 2.13. The summed E-state index contributed by atoms with van der Waals surface area (Å²) in [6.07, 6.45) is 3.46. The van der Waals surface area contributed by atoms with Crippen molar-refractivity contribution < 1.29 is 5.11 Å². The number of aromatic hydroxyl groups is 1. The Hall–Kier alpha value is -1.26. The van der Waals surface area contributed by atoms with E-state index in [-0.39, 0.29) is 5.75 Å². The largest absolute Gasteiger partial charge is 0.506 e. The minimum absolute atomic E-state index is 0.219. The van der Waals surface area contributed by atoms with Crippen LogP contribution >= 0.6 is 11.6 Å². The maximum Gasteiger partial charge on any atom is 0.155 e. The van der Waals surface area contributed by atoms with Gasteiger partial charge in [0.15, 0.2) is 5.15 Å². The van der Waals surface area contributed by atoms with E-state index in [4.69, 9.17) is 11.6 Å². The van der Waals surface area contributed by atoms with Gasteiger partial charge in [0.25, 0.3) is 0 Å². The molecule has 0 amide bonds. The summed E-state index contributed by atoms with van der Waals surface area (Å²) in [5.41, 5.74) is 0.832. The van der Waals surface area contributed by atoms with Gasteiger partial charge < -0.3 is 10.4 Å². The summed E-state index contributed by atoms with van der Waals surface area (Å²) in [6, 6.07) is 3.38. The minimum atomic E-state index is 0.219. The zero-order chi connectivity index (χ0) is 11.5. The molecule has 0 atom stereocenters. The number of nitrogens with one attached hydrogen (secondary N) is 1. The monoisotopic (exact) mass is 239 g/mol. The van der Waals surface area contributed by atoms with E-state index in [1.807, 2.05) is 11.4 Å². The van der Waals surface area contributed by atoms with Crippen LogP contribution in [-0.4, -0.2) is 28.1 Å². The van der Waals surface area contributed by atoms with Gasteiger partial charge in [-0.05, 0) is 32.1 Å². The Balaban J connectivity index is 2.33. The second kappa shape index (κ2) is 4.72. The molecule has 5 heteroatoms. The van der Waals surface area contributed by atoms with Crippen LogP contribution in [0.5, 0.6) is 5.75 Å². The van der Waals surface area contributed by atoms with Crippen molar-refractivity contribution in [3.8, 4) is 5.75 Å². The molecule has 2 aromatic rings. The number of aryl methyl sites for hydroxylation is 1. The Bertz CT molecular complexity index is 495. The smallest absolute Gasteiger partial charge is 0.155 e. The van der Waals surface area contributed by atoms with E-state index in [1.165, 1.54) is 0 Å². The van der Waals surface area contributed by atoms with Gasteiger partial charge in [-0.25, -0.2) is 4.98 Å². The van der Waals surface area contributed by atoms with Crippen LogP contribution < -0.4 is 5.32 Å². The Morgan fingerprint density at radius 1 is 1.50 bits per heavy atom. The van der Waals surface area contributed by atoms with E-state index >= 15 is 0 Å². The first-order valence-electron chi connectivity index (χ1n) is 5.22. The topological polar surface area (TPSA) is 49.6 Å². The Morgan fingerprint density at radius 3 is 3.06 bits per heavy atom. The highest BCUT2D eigenvalue weighted by molar-refractivity contribution is 6.32. The normalized spacial score (nSPS) is 11.1. The zero-order valence-electron chi connectivity index (χ0n) is 9.07. The van der Waals surface area contributed by atoms with Gasteiger partial charge in [0.1, 0.15) is 11.6 Å². The quantitative estimate of drug-likeness (QED) is 0.801. The molecule has 4 nitrogen and oxygen atoms in total. The van der Waals surface area contributed by atoms with E-state index in [1.54, 1.807) is 18.3 Å². The highest BCUT2D eigenvalue weighted by atomic mass is 35.5. The van der Waals surface area contributed by atoms with Crippen molar-refractivity contribution in [3.05, 3.63) is 29.3 Å². The molecule has 16 heavy (non-hydrogen) atoms. The van der Waals surface area contributed by atoms with Crippen LogP contribution in [0.3, 0.4) is 0 Å². The van der Waals surface area contributed by atoms with Gasteiger partial charge >= 0.3 is 0 Å². The summed E-state index contributed by atoms with van der Waals surface area (Å²) < 4.78 is 1.84. The first-order valence-corrected chi connectivity index (χ1v) is 5.60. The lowest BCUT2D eigenvalue weighted by molar-refractivity contribution is 0.471. The molecule has 2 rings (SSSR count). The SMILES string of the molecule is CNCCCc1nc(Cl)c2ccc(O)cn12. The molecule has 2 N–H and O–H groups in total. The molecule has 0 unspecified atom stereocenters. The predicted molar refractivity (Wildman–Crippen MR) is 64.1 cm³/mol. The molecule has 2 aromatic heterocycles. The summed E-state index contributed by atoms with van der Waals surface area (Å²) in [5, 5.41) is 13.0. The Kier molecular flexibility index (Phi) is 3.31. The summed E-state index contributed by atoms with van der Waals surface area (Å²) in [4.78, 5) is 4.29. The van der Waals surface area contributed by atoms with Crippen LogP contribution in [0.2, 0.25) is 5.15 Å². The number of aromatic nitrogens is 2. The second-order valence-electron chi connectivity index (χ2n) is 3.67. The fourth-order valence-corrected chi connectivity index (χ4v) is 1.95. The van der Waals surface area contributed by atoms with E-state index < -0.39 is 0 Å². The lowest BCUT2D eigenvalue weighted by Gasteiger charge is -2.01. The molecule has 0 fully saturated rings. The molecule has 86 valence electrons. The van der Waals surface area contributed by atoms with Crippen LogP contribution in [0.1, 0.15) is 12.2 Å². The molecular formula is C11H14ClN3O. The summed E-state index contributed by atoms with van der Waals surface area (Å²) in [7, 11) is 1.92. The van der Waals surface area contributed by atoms with Crippen LogP contribution in [0.4, 0.5) is 0 Å². The summed E-state index contributed by atoms with van der Waals surface area (Å²) >= 11 is 6.01. The molecule has 0 aliphatic heterocycles. The third-order valence-corrected chi connectivity index (χ3v) is 2.75. The molecular weight excluding hydrogens is 226 g/mol. The fourth-order valence-electron chi connectivity index (χ4n) is 1.70. The van der Waals surface area contributed by atoms with E-state index in [0.717, 1.165) is 30.7 Å². The first-order chi connectivity index (χ1) is 7.72. The molecule has 0 aliphatic carbocycles. The van der Waals surface area contributed by atoms with Gasteiger partial charge in [-0.1, -0.05) is 11.6 Å². The average Bonchev–Trinajstić information content (AvgIpc) is 2.56. The number of pyridine rings is 1. The number of hydrogen-bond donors (Lipinski definition) is 2.